The highest BCUT2D eigenvalue weighted by molar-refractivity contribution is 5.86. The van der Waals surface area contributed by atoms with E-state index in [1.807, 2.05) is 31.6 Å². The van der Waals surface area contributed by atoms with E-state index in [2.05, 4.69) is 36.9 Å². The first kappa shape index (κ1) is 19.2. The lowest BCUT2D eigenvalue weighted by atomic mass is 10.1. The number of fused-ring (bicyclic) bond motifs is 2. The van der Waals surface area contributed by atoms with Crippen LogP contribution >= 0.6 is 0 Å². The molecule has 4 aromatic heterocycles. The summed E-state index contributed by atoms with van der Waals surface area (Å²) in [5.41, 5.74) is 13.2. The normalized spacial score (nSPS) is 18.2. The molecule has 0 amide bonds. The van der Waals surface area contributed by atoms with E-state index in [0.717, 1.165) is 58.4 Å². The number of hydrogen-bond donors (Lipinski definition) is 4. The number of rotatable bonds is 4. The number of hydrazine groups is 1. The molecule has 32 heavy (non-hydrogen) atoms. The monoisotopic (exact) mass is 431 g/mol. The fourth-order valence-corrected chi connectivity index (χ4v) is 4.67. The second kappa shape index (κ2) is 7.57. The van der Waals surface area contributed by atoms with Crippen molar-refractivity contribution in [3.05, 3.63) is 47.8 Å². The molecule has 1 saturated heterocycles. The number of pyridine rings is 2. The average Bonchev–Trinajstić information content (AvgIpc) is 3.54. The summed E-state index contributed by atoms with van der Waals surface area (Å²) in [5, 5.41) is 14.0. The van der Waals surface area contributed by atoms with Crippen molar-refractivity contribution >= 4 is 22.5 Å². The first-order valence-corrected chi connectivity index (χ1v) is 11.0. The molecule has 6 heterocycles. The summed E-state index contributed by atoms with van der Waals surface area (Å²) < 4.78 is 1.69. The van der Waals surface area contributed by atoms with Gasteiger partial charge in [-0.1, -0.05) is 0 Å². The number of hydrogen-bond acceptors (Lipinski definition) is 8. The second-order valence-corrected chi connectivity index (χ2v) is 8.35. The van der Waals surface area contributed by atoms with E-state index < -0.39 is 0 Å². The molecule has 0 aliphatic carbocycles. The smallest absolute Gasteiger partial charge is 0.159 e. The molecule has 1 fully saturated rings. The standard InChI is InChI=1S/C22H25N9O/c1-30-11-13(16(12-32)29-30)14-5-6-15-18(24-14)20(28-27-15)22-25-19-17(7-8-23-21(19)26-22)31-9-3-2-4-10-31/h5-8,11,20,27-28,32H,2-4,9-10,12H2,1H3,(H,23,25,26). The van der Waals surface area contributed by atoms with Crippen LogP contribution in [0.5, 0.6) is 0 Å². The first-order valence-electron chi connectivity index (χ1n) is 11.0. The Morgan fingerprint density at radius 3 is 2.84 bits per heavy atom. The zero-order valence-electron chi connectivity index (χ0n) is 17.8. The van der Waals surface area contributed by atoms with Gasteiger partial charge in [0.2, 0.25) is 0 Å². The highest BCUT2D eigenvalue weighted by atomic mass is 16.3. The average molecular weight is 432 g/mol. The molecule has 0 bridgehead atoms. The Morgan fingerprint density at radius 1 is 1.12 bits per heavy atom. The van der Waals surface area contributed by atoms with E-state index in [4.69, 9.17) is 9.97 Å². The lowest BCUT2D eigenvalue weighted by Gasteiger charge is -2.28. The van der Waals surface area contributed by atoms with Gasteiger partial charge in [-0.15, -0.1) is 0 Å². The van der Waals surface area contributed by atoms with Crippen LogP contribution in [0.2, 0.25) is 0 Å². The number of aliphatic hydroxyl groups is 1. The lowest BCUT2D eigenvalue weighted by Crippen LogP contribution is -2.29. The molecule has 1 atom stereocenters. The Hall–Kier alpha value is -3.50. The summed E-state index contributed by atoms with van der Waals surface area (Å²) in [6, 6.07) is 5.73. The minimum absolute atomic E-state index is 0.136. The molecule has 10 nitrogen and oxygen atoms in total. The number of aryl methyl sites for hydroxylation is 1. The number of anilines is 2. The minimum Gasteiger partial charge on any atom is -0.390 e. The van der Waals surface area contributed by atoms with Crippen molar-refractivity contribution in [2.75, 3.05) is 23.4 Å². The molecule has 2 aliphatic rings. The minimum atomic E-state index is -0.248. The predicted molar refractivity (Wildman–Crippen MR) is 121 cm³/mol. The number of nitrogens with one attached hydrogen (secondary N) is 3. The molecular formula is C22H25N9O. The van der Waals surface area contributed by atoms with Crippen LogP contribution in [0, 0.1) is 0 Å². The SMILES string of the molecule is Cn1cc(-c2ccc3c(n2)C(c2nc4c(N5CCCCC5)ccnc4[nH]2)NN3)c(CO)n1. The van der Waals surface area contributed by atoms with E-state index in [1.54, 1.807) is 4.68 Å². The number of nitrogens with zero attached hydrogens (tertiary/aromatic N) is 6. The summed E-state index contributed by atoms with van der Waals surface area (Å²) in [4.78, 5) is 20.2. The number of imidazole rings is 1. The Bertz CT molecular complexity index is 1290. The molecule has 2 aliphatic heterocycles. The molecule has 0 saturated carbocycles. The van der Waals surface area contributed by atoms with E-state index in [-0.39, 0.29) is 12.6 Å². The van der Waals surface area contributed by atoms with Gasteiger partial charge in [-0.05, 0) is 37.5 Å². The van der Waals surface area contributed by atoms with Crippen molar-refractivity contribution in [2.24, 2.45) is 7.05 Å². The van der Waals surface area contributed by atoms with Crippen LogP contribution in [-0.2, 0) is 13.7 Å². The fourth-order valence-electron chi connectivity index (χ4n) is 4.67. The molecule has 4 N–H and O–H groups in total. The van der Waals surface area contributed by atoms with Crippen LogP contribution in [-0.4, -0.2) is 47.9 Å². The maximum absolute atomic E-state index is 9.68. The van der Waals surface area contributed by atoms with Crippen LogP contribution in [0.25, 0.3) is 22.4 Å². The van der Waals surface area contributed by atoms with Crippen molar-refractivity contribution in [2.45, 2.75) is 31.9 Å². The van der Waals surface area contributed by atoms with Crippen molar-refractivity contribution in [1.29, 1.82) is 0 Å². The van der Waals surface area contributed by atoms with E-state index in [1.165, 1.54) is 19.3 Å². The van der Waals surface area contributed by atoms with Gasteiger partial charge in [0.1, 0.15) is 17.4 Å². The Balaban J connectivity index is 1.39. The zero-order valence-corrected chi connectivity index (χ0v) is 17.8. The van der Waals surface area contributed by atoms with E-state index in [0.29, 0.717) is 5.69 Å². The number of piperidine rings is 1. The maximum Gasteiger partial charge on any atom is 0.159 e. The third-order valence-electron chi connectivity index (χ3n) is 6.23. The van der Waals surface area contributed by atoms with Gasteiger partial charge in [-0.3, -0.25) is 4.68 Å². The third kappa shape index (κ3) is 3.10. The lowest BCUT2D eigenvalue weighted by molar-refractivity contribution is 0.276. The summed E-state index contributed by atoms with van der Waals surface area (Å²) in [6.45, 7) is 1.97. The molecule has 6 rings (SSSR count). The Kier molecular flexibility index (Phi) is 4.54. The highest BCUT2D eigenvalue weighted by Gasteiger charge is 2.29. The maximum atomic E-state index is 9.68. The zero-order chi connectivity index (χ0) is 21.7. The highest BCUT2D eigenvalue weighted by Crippen LogP contribution is 2.35. The van der Waals surface area contributed by atoms with Gasteiger partial charge in [-0.2, -0.15) is 5.10 Å². The van der Waals surface area contributed by atoms with E-state index in [9.17, 15) is 5.11 Å². The van der Waals surface area contributed by atoms with Crippen LogP contribution in [0.3, 0.4) is 0 Å². The number of aromatic amines is 1. The van der Waals surface area contributed by atoms with E-state index >= 15 is 0 Å². The van der Waals surface area contributed by atoms with Crippen LogP contribution in [0.4, 0.5) is 11.4 Å². The third-order valence-corrected chi connectivity index (χ3v) is 6.23. The number of aliphatic hydroxyl groups excluding tert-OH is 1. The summed E-state index contributed by atoms with van der Waals surface area (Å²) in [6.07, 6.45) is 7.42. The van der Waals surface area contributed by atoms with Gasteiger partial charge in [0.25, 0.3) is 0 Å². The van der Waals surface area contributed by atoms with Crippen molar-refractivity contribution < 1.29 is 5.11 Å². The van der Waals surface area contributed by atoms with Crippen molar-refractivity contribution in [3.63, 3.8) is 0 Å². The summed E-state index contributed by atoms with van der Waals surface area (Å²) in [5.74, 6) is 0.765. The first-order chi connectivity index (χ1) is 15.7. The van der Waals surface area contributed by atoms with Gasteiger partial charge in [0.15, 0.2) is 5.65 Å². The molecule has 0 aromatic carbocycles. The number of aromatic nitrogens is 6. The second-order valence-electron chi connectivity index (χ2n) is 8.35. The molecule has 4 aromatic rings. The molecule has 164 valence electrons. The van der Waals surface area contributed by atoms with Gasteiger partial charge >= 0.3 is 0 Å². The van der Waals surface area contributed by atoms with Crippen LogP contribution < -0.4 is 15.8 Å². The number of H-pyrrole nitrogens is 1. The van der Waals surface area contributed by atoms with Gasteiger partial charge in [-0.25, -0.2) is 20.4 Å². The molecular weight excluding hydrogens is 406 g/mol. The topological polar surface area (TPSA) is 120 Å². The summed E-state index contributed by atoms with van der Waals surface area (Å²) in [7, 11) is 1.84. The van der Waals surface area contributed by atoms with Crippen molar-refractivity contribution in [3.8, 4) is 11.3 Å². The quantitative estimate of drug-likeness (QED) is 0.388. The molecule has 1 unspecified atom stereocenters. The Labute approximate surface area is 184 Å². The van der Waals surface area contributed by atoms with Gasteiger partial charge in [0.05, 0.1) is 35.1 Å². The van der Waals surface area contributed by atoms with Crippen LogP contribution in [0.1, 0.15) is 42.5 Å². The molecule has 0 spiro atoms. The van der Waals surface area contributed by atoms with Crippen molar-refractivity contribution in [1.82, 2.24) is 35.1 Å². The van der Waals surface area contributed by atoms with Gasteiger partial charge in [0, 0.05) is 38.1 Å². The van der Waals surface area contributed by atoms with Crippen LogP contribution in [0.15, 0.2) is 30.6 Å². The molecule has 10 heteroatoms. The fraction of sp³-hybridized carbons (Fsp3) is 0.364. The molecule has 0 radical (unpaired) electrons. The Morgan fingerprint density at radius 2 is 2.00 bits per heavy atom. The predicted octanol–water partition coefficient (Wildman–Crippen LogP) is 2.26. The van der Waals surface area contributed by atoms with Gasteiger partial charge < -0.3 is 20.4 Å². The largest absolute Gasteiger partial charge is 0.390 e. The summed E-state index contributed by atoms with van der Waals surface area (Å²) >= 11 is 0.